The van der Waals surface area contributed by atoms with E-state index in [9.17, 15) is 0 Å². The standard InChI is InChI=1S/C18H27NO/c1-4-9-18(16-10-6-5-7-11-16)20-19-13-8-12-17(19)14-15(2)3/h5-8,10-12,15,17-18H,4,9,13-14H2,1-3H3/t17-,18?/m1/s1. The second-order valence-electron chi connectivity index (χ2n) is 6.02. The quantitative estimate of drug-likeness (QED) is 0.665. The number of rotatable bonds is 7. The molecule has 2 rings (SSSR count). The van der Waals surface area contributed by atoms with Crippen molar-refractivity contribution in [1.29, 1.82) is 0 Å². The molecule has 2 nitrogen and oxygen atoms in total. The number of hydrogen-bond acceptors (Lipinski definition) is 2. The van der Waals surface area contributed by atoms with Crippen molar-refractivity contribution < 1.29 is 4.84 Å². The summed E-state index contributed by atoms with van der Waals surface area (Å²) in [5.74, 6) is 0.690. The lowest BCUT2D eigenvalue weighted by atomic mass is 10.0. The third-order valence-electron chi connectivity index (χ3n) is 3.71. The van der Waals surface area contributed by atoms with Crippen molar-refractivity contribution in [3.8, 4) is 0 Å². The fourth-order valence-electron chi connectivity index (χ4n) is 2.73. The lowest BCUT2D eigenvalue weighted by molar-refractivity contribution is -0.208. The molecule has 110 valence electrons. The number of benzene rings is 1. The third-order valence-corrected chi connectivity index (χ3v) is 3.71. The summed E-state index contributed by atoms with van der Waals surface area (Å²) < 4.78 is 0. The molecule has 0 aliphatic carbocycles. The lowest BCUT2D eigenvalue weighted by Gasteiger charge is -2.29. The summed E-state index contributed by atoms with van der Waals surface area (Å²) >= 11 is 0. The van der Waals surface area contributed by atoms with Crippen molar-refractivity contribution in [2.24, 2.45) is 5.92 Å². The van der Waals surface area contributed by atoms with Crippen LogP contribution in [-0.4, -0.2) is 17.6 Å². The highest BCUT2D eigenvalue weighted by Gasteiger charge is 2.25. The molecule has 0 saturated heterocycles. The van der Waals surface area contributed by atoms with Crippen molar-refractivity contribution >= 4 is 0 Å². The van der Waals surface area contributed by atoms with Gasteiger partial charge in [0.15, 0.2) is 0 Å². The van der Waals surface area contributed by atoms with Crippen LogP contribution in [0.3, 0.4) is 0 Å². The van der Waals surface area contributed by atoms with Gasteiger partial charge in [-0.3, -0.25) is 4.84 Å². The molecule has 1 unspecified atom stereocenters. The largest absolute Gasteiger partial charge is 0.290 e. The summed E-state index contributed by atoms with van der Waals surface area (Å²) in [5.41, 5.74) is 1.28. The molecule has 2 atom stereocenters. The highest BCUT2D eigenvalue weighted by molar-refractivity contribution is 5.17. The zero-order valence-electron chi connectivity index (χ0n) is 13.0. The van der Waals surface area contributed by atoms with Gasteiger partial charge in [0.25, 0.3) is 0 Å². The van der Waals surface area contributed by atoms with Gasteiger partial charge in [0.05, 0.1) is 6.04 Å². The molecule has 1 aromatic carbocycles. The van der Waals surface area contributed by atoms with Crippen molar-refractivity contribution in [3.63, 3.8) is 0 Å². The Morgan fingerprint density at radius 1 is 1.25 bits per heavy atom. The van der Waals surface area contributed by atoms with Crippen LogP contribution < -0.4 is 0 Å². The van der Waals surface area contributed by atoms with E-state index in [1.807, 2.05) is 0 Å². The Kier molecular flexibility index (Phi) is 5.81. The molecule has 0 saturated carbocycles. The maximum atomic E-state index is 6.32. The number of nitrogens with zero attached hydrogens (tertiary/aromatic N) is 1. The van der Waals surface area contributed by atoms with Gasteiger partial charge in [-0.05, 0) is 24.3 Å². The summed E-state index contributed by atoms with van der Waals surface area (Å²) in [6.07, 6.45) is 8.04. The lowest BCUT2D eigenvalue weighted by Crippen LogP contribution is -2.32. The monoisotopic (exact) mass is 273 g/mol. The van der Waals surface area contributed by atoms with Crippen LogP contribution in [0.5, 0.6) is 0 Å². The first-order chi connectivity index (χ1) is 9.70. The molecule has 2 heteroatoms. The van der Waals surface area contributed by atoms with Crippen molar-refractivity contribution in [3.05, 3.63) is 48.0 Å². The Labute approximate surface area is 123 Å². The zero-order chi connectivity index (χ0) is 14.4. The van der Waals surface area contributed by atoms with Gasteiger partial charge >= 0.3 is 0 Å². The highest BCUT2D eigenvalue weighted by Crippen LogP contribution is 2.28. The minimum atomic E-state index is 0.177. The van der Waals surface area contributed by atoms with Gasteiger partial charge in [-0.1, -0.05) is 69.7 Å². The maximum absolute atomic E-state index is 6.32. The topological polar surface area (TPSA) is 12.5 Å². The fraction of sp³-hybridized carbons (Fsp3) is 0.556. The van der Waals surface area contributed by atoms with E-state index in [0.717, 1.165) is 25.8 Å². The van der Waals surface area contributed by atoms with Gasteiger partial charge in [0.2, 0.25) is 0 Å². The molecule has 0 amide bonds. The molecule has 0 fully saturated rings. The van der Waals surface area contributed by atoms with E-state index in [4.69, 9.17) is 4.84 Å². The van der Waals surface area contributed by atoms with Crippen molar-refractivity contribution in [1.82, 2.24) is 5.06 Å². The smallest absolute Gasteiger partial charge is 0.104 e. The van der Waals surface area contributed by atoms with Gasteiger partial charge in [0.1, 0.15) is 6.10 Å². The second-order valence-corrected chi connectivity index (χ2v) is 6.02. The van der Waals surface area contributed by atoms with Gasteiger partial charge in [-0.15, -0.1) is 0 Å². The summed E-state index contributed by atoms with van der Waals surface area (Å²) in [4.78, 5) is 6.32. The van der Waals surface area contributed by atoms with Gasteiger partial charge < -0.3 is 0 Å². The molecule has 0 N–H and O–H groups in total. The van der Waals surface area contributed by atoms with Crippen LogP contribution in [0, 0.1) is 5.92 Å². The highest BCUT2D eigenvalue weighted by atomic mass is 16.7. The second kappa shape index (κ2) is 7.61. The van der Waals surface area contributed by atoms with E-state index < -0.39 is 0 Å². The first kappa shape index (κ1) is 15.3. The normalized spacial score (nSPS) is 20.7. The van der Waals surface area contributed by atoms with E-state index >= 15 is 0 Å². The molecule has 1 heterocycles. The van der Waals surface area contributed by atoms with Crippen LogP contribution >= 0.6 is 0 Å². The van der Waals surface area contributed by atoms with Crippen LogP contribution in [-0.2, 0) is 4.84 Å². The van der Waals surface area contributed by atoms with Gasteiger partial charge in [-0.25, -0.2) is 0 Å². The van der Waals surface area contributed by atoms with Crippen molar-refractivity contribution in [2.45, 2.75) is 52.2 Å². The van der Waals surface area contributed by atoms with Crippen LogP contribution in [0.15, 0.2) is 42.5 Å². The third kappa shape index (κ3) is 4.19. The Bertz CT molecular complexity index is 413. The molecule has 0 aromatic heterocycles. The van der Waals surface area contributed by atoms with Crippen LogP contribution in [0.25, 0.3) is 0 Å². The summed E-state index contributed by atoms with van der Waals surface area (Å²) in [6, 6.07) is 11.0. The van der Waals surface area contributed by atoms with E-state index in [1.54, 1.807) is 0 Å². The minimum Gasteiger partial charge on any atom is -0.290 e. The molecule has 1 aliphatic heterocycles. The molecule has 0 radical (unpaired) electrons. The van der Waals surface area contributed by atoms with E-state index in [-0.39, 0.29) is 6.10 Å². The van der Waals surface area contributed by atoms with E-state index in [2.05, 4.69) is 68.3 Å². The van der Waals surface area contributed by atoms with E-state index in [0.29, 0.717) is 12.0 Å². The maximum Gasteiger partial charge on any atom is 0.104 e. The van der Waals surface area contributed by atoms with Crippen LogP contribution in [0.1, 0.15) is 51.7 Å². The molecular formula is C18H27NO. The molecule has 1 aromatic rings. The zero-order valence-corrected chi connectivity index (χ0v) is 13.0. The fourth-order valence-corrected chi connectivity index (χ4v) is 2.73. The average molecular weight is 273 g/mol. The van der Waals surface area contributed by atoms with Gasteiger partial charge in [0, 0.05) is 6.54 Å². The predicted molar refractivity (Wildman–Crippen MR) is 84.3 cm³/mol. The molecule has 1 aliphatic rings. The van der Waals surface area contributed by atoms with Crippen molar-refractivity contribution in [2.75, 3.05) is 6.54 Å². The first-order valence-electron chi connectivity index (χ1n) is 7.85. The summed E-state index contributed by atoms with van der Waals surface area (Å²) in [6.45, 7) is 7.66. The average Bonchev–Trinajstić information content (AvgIpc) is 2.86. The van der Waals surface area contributed by atoms with Crippen LogP contribution in [0.2, 0.25) is 0 Å². The Morgan fingerprint density at radius 2 is 2.00 bits per heavy atom. The first-order valence-corrected chi connectivity index (χ1v) is 7.85. The molecule has 0 spiro atoms. The Morgan fingerprint density at radius 3 is 2.65 bits per heavy atom. The predicted octanol–water partition coefficient (Wildman–Crippen LogP) is 4.75. The minimum absolute atomic E-state index is 0.177. The van der Waals surface area contributed by atoms with Gasteiger partial charge in [-0.2, -0.15) is 5.06 Å². The SMILES string of the molecule is CCCC(ON1CC=C[C@@H]1CC(C)C)c1ccccc1. The molecule has 0 bridgehead atoms. The summed E-state index contributed by atoms with van der Waals surface area (Å²) in [5, 5.41) is 2.16. The molecule has 20 heavy (non-hydrogen) atoms. The summed E-state index contributed by atoms with van der Waals surface area (Å²) in [7, 11) is 0. The number of hydrogen-bond donors (Lipinski definition) is 0. The number of hydroxylamine groups is 2. The Hall–Kier alpha value is -1.12. The van der Waals surface area contributed by atoms with E-state index in [1.165, 1.54) is 5.56 Å². The van der Waals surface area contributed by atoms with Crippen LogP contribution in [0.4, 0.5) is 0 Å². The molecular weight excluding hydrogens is 246 g/mol. The Balaban J connectivity index is 2.01.